The summed E-state index contributed by atoms with van der Waals surface area (Å²) in [5, 5.41) is 13.3. The van der Waals surface area contributed by atoms with E-state index < -0.39 is 5.97 Å². The molecule has 7 heteroatoms. The number of carboxylic acids is 1. The standard InChI is InChI=1S/C23H24N2O3S2/c1-28-20-13-18(23(26)27)11-12-19(20)25-30-21-14-29-22(24-21)17-9-7-16(8-10-17)15-5-3-2-4-6-15/h2-6,11-14,16-17,25H,7-10H2,1H3,(H,26,27). The predicted molar refractivity (Wildman–Crippen MR) is 122 cm³/mol. The number of hydrogen-bond acceptors (Lipinski definition) is 6. The summed E-state index contributed by atoms with van der Waals surface area (Å²) in [4.78, 5) is 16.0. The fourth-order valence-electron chi connectivity index (χ4n) is 3.92. The Morgan fingerprint density at radius 2 is 1.87 bits per heavy atom. The molecule has 1 aliphatic rings. The van der Waals surface area contributed by atoms with Crippen LogP contribution in [-0.2, 0) is 0 Å². The molecule has 1 aliphatic carbocycles. The van der Waals surface area contributed by atoms with Crippen LogP contribution in [0.25, 0.3) is 0 Å². The number of hydrogen-bond donors (Lipinski definition) is 2. The lowest BCUT2D eigenvalue weighted by atomic mass is 9.79. The number of methoxy groups -OCH3 is 1. The van der Waals surface area contributed by atoms with E-state index in [0.717, 1.165) is 10.7 Å². The lowest BCUT2D eigenvalue weighted by Crippen LogP contribution is -2.12. The van der Waals surface area contributed by atoms with E-state index in [4.69, 9.17) is 14.8 Å². The summed E-state index contributed by atoms with van der Waals surface area (Å²) in [6.07, 6.45) is 4.77. The van der Waals surface area contributed by atoms with E-state index in [9.17, 15) is 4.79 Å². The van der Waals surface area contributed by atoms with Gasteiger partial charge in [0.2, 0.25) is 0 Å². The highest BCUT2D eigenvalue weighted by molar-refractivity contribution is 8.00. The molecule has 3 aromatic rings. The lowest BCUT2D eigenvalue weighted by Gasteiger charge is -2.27. The third-order valence-electron chi connectivity index (χ3n) is 5.56. The summed E-state index contributed by atoms with van der Waals surface area (Å²) in [7, 11) is 1.53. The number of nitrogens with one attached hydrogen (secondary N) is 1. The first kappa shape index (κ1) is 20.8. The Bertz CT molecular complexity index is 999. The zero-order valence-electron chi connectivity index (χ0n) is 16.7. The molecule has 0 spiro atoms. The van der Waals surface area contributed by atoms with Crippen LogP contribution in [0.4, 0.5) is 5.69 Å². The van der Waals surface area contributed by atoms with Gasteiger partial charge in [-0.15, -0.1) is 11.3 Å². The summed E-state index contributed by atoms with van der Waals surface area (Å²) in [6.45, 7) is 0. The largest absolute Gasteiger partial charge is 0.495 e. The lowest BCUT2D eigenvalue weighted by molar-refractivity contribution is 0.0696. The van der Waals surface area contributed by atoms with Crippen LogP contribution in [0.5, 0.6) is 5.75 Å². The van der Waals surface area contributed by atoms with E-state index in [2.05, 4.69) is 40.4 Å². The van der Waals surface area contributed by atoms with Crippen molar-refractivity contribution in [1.82, 2.24) is 4.98 Å². The molecule has 1 saturated carbocycles. The molecule has 0 aliphatic heterocycles. The normalized spacial score (nSPS) is 18.7. The fourth-order valence-corrected chi connectivity index (χ4v) is 5.70. The number of aromatic carboxylic acids is 1. The number of carboxylic acid groups (broad SMARTS) is 1. The molecule has 4 rings (SSSR count). The van der Waals surface area contributed by atoms with Gasteiger partial charge in [0.1, 0.15) is 10.8 Å². The van der Waals surface area contributed by atoms with Crippen molar-refractivity contribution in [2.75, 3.05) is 11.8 Å². The zero-order valence-corrected chi connectivity index (χ0v) is 18.3. The van der Waals surface area contributed by atoms with Gasteiger partial charge in [0, 0.05) is 23.2 Å². The molecule has 5 nitrogen and oxygen atoms in total. The van der Waals surface area contributed by atoms with Gasteiger partial charge in [-0.3, -0.25) is 0 Å². The van der Waals surface area contributed by atoms with Crippen molar-refractivity contribution in [2.24, 2.45) is 0 Å². The van der Waals surface area contributed by atoms with Crippen molar-refractivity contribution in [2.45, 2.75) is 42.5 Å². The maximum absolute atomic E-state index is 11.1. The molecular formula is C23H24N2O3S2. The monoisotopic (exact) mass is 440 g/mol. The molecule has 0 radical (unpaired) electrons. The quantitative estimate of drug-likeness (QED) is 0.414. The molecule has 0 saturated heterocycles. The first-order chi connectivity index (χ1) is 14.6. The number of carbonyl (C=O) groups is 1. The average Bonchev–Trinajstić information content (AvgIpc) is 3.27. The second kappa shape index (κ2) is 9.53. The van der Waals surface area contributed by atoms with E-state index >= 15 is 0 Å². The summed E-state index contributed by atoms with van der Waals surface area (Å²) < 4.78 is 8.55. The van der Waals surface area contributed by atoms with E-state index in [1.165, 1.54) is 61.4 Å². The van der Waals surface area contributed by atoms with Crippen LogP contribution >= 0.6 is 23.3 Å². The zero-order chi connectivity index (χ0) is 20.9. The maximum atomic E-state index is 11.1. The van der Waals surface area contributed by atoms with Crippen molar-refractivity contribution in [3.05, 3.63) is 70.0 Å². The molecule has 30 heavy (non-hydrogen) atoms. The summed E-state index contributed by atoms with van der Waals surface area (Å²) in [5.41, 5.74) is 2.38. The van der Waals surface area contributed by atoms with Crippen LogP contribution in [-0.4, -0.2) is 23.2 Å². The van der Waals surface area contributed by atoms with Gasteiger partial charge in [-0.2, -0.15) is 0 Å². The summed E-state index contributed by atoms with van der Waals surface area (Å²) in [5.74, 6) is 0.726. The Balaban J connectivity index is 1.34. The Morgan fingerprint density at radius 3 is 2.57 bits per heavy atom. The van der Waals surface area contributed by atoms with Gasteiger partial charge < -0.3 is 14.6 Å². The van der Waals surface area contributed by atoms with Crippen molar-refractivity contribution in [3.63, 3.8) is 0 Å². The van der Waals surface area contributed by atoms with Crippen molar-refractivity contribution in [1.29, 1.82) is 0 Å². The number of thiazole rings is 1. The highest BCUT2D eigenvalue weighted by Crippen LogP contribution is 2.42. The number of ether oxygens (including phenoxy) is 1. The SMILES string of the molecule is COc1cc(C(=O)O)ccc1NSc1csc(C2CCC(c3ccccc3)CC2)n1. The van der Waals surface area contributed by atoms with Crippen LogP contribution in [0.1, 0.15) is 58.4 Å². The first-order valence-corrected chi connectivity index (χ1v) is 11.7. The van der Waals surface area contributed by atoms with Crippen LogP contribution in [0.2, 0.25) is 0 Å². The maximum Gasteiger partial charge on any atom is 0.335 e. The number of aromatic nitrogens is 1. The van der Waals surface area contributed by atoms with E-state index in [0.29, 0.717) is 17.6 Å². The van der Waals surface area contributed by atoms with Gasteiger partial charge in [0.05, 0.1) is 23.4 Å². The molecule has 2 N–H and O–H groups in total. The Kier molecular flexibility index (Phi) is 6.59. The molecule has 0 atom stereocenters. The van der Waals surface area contributed by atoms with Crippen molar-refractivity contribution in [3.8, 4) is 5.75 Å². The van der Waals surface area contributed by atoms with Crippen LogP contribution in [0, 0.1) is 0 Å². The number of anilines is 1. The van der Waals surface area contributed by atoms with Gasteiger partial charge in [-0.1, -0.05) is 30.3 Å². The Hall–Kier alpha value is -2.51. The Labute approximate surface area is 184 Å². The molecule has 1 fully saturated rings. The molecule has 1 heterocycles. The van der Waals surface area contributed by atoms with Gasteiger partial charge in [0.25, 0.3) is 0 Å². The minimum absolute atomic E-state index is 0.199. The topological polar surface area (TPSA) is 71.5 Å². The van der Waals surface area contributed by atoms with Gasteiger partial charge >= 0.3 is 5.97 Å². The fraction of sp³-hybridized carbons (Fsp3) is 0.304. The van der Waals surface area contributed by atoms with E-state index in [-0.39, 0.29) is 5.56 Å². The van der Waals surface area contributed by atoms with Crippen LogP contribution < -0.4 is 9.46 Å². The smallest absolute Gasteiger partial charge is 0.335 e. The average molecular weight is 441 g/mol. The van der Waals surface area contributed by atoms with Gasteiger partial charge in [-0.05, 0) is 55.4 Å². The minimum Gasteiger partial charge on any atom is -0.495 e. The molecule has 0 unspecified atom stereocenters. The number of rotatable bonds is 7. The number of benzene rings is 2. The summed E-state index contributed by atoms with van der Waals surface area (Å²) >= 11 is 3.15. The van der Waals surface area contributed by atoms with Crippen LogP contribution in [0.3, 0.4) is 0 Å². The third-order valence-corrected chi connectivity index (χ3v) is 7.46. The summed E-state index contributed by atoms with van der Waals surface area (Å²) in [6, 6.07) is 15.6. The van der Waals surface area contributed by atoms with Crippen molar-refractivity contribution >= 4 is 34.9 Å². The molecule has 156 valence electrons. The predicted octanol–water partition coefficient (Wildman–Crippen LogP) is 6.41. The highest BCUT2D eigenvalue weighted by atomic mass is 32.2. The van der Waals surface area contributed by atoms with Crippen molar-refractivity contribution < 1.29 is 14.6 Å². The van der Waals surface area contributed by atoms with Gasteiger partial charge in [-0.25, -0.2) is 9.78 Å². The third kappa shape index (κ3) is 4.79. The molecule has 0 bridgehead atoms. The molecule has 2 aromatic carbocycles. The van der Waals surface area contributed by atoms with Gasteiger partial charge in [0.15, 0.2) is 0 Å². The second-order valence-electron chi connectivity index (χ2n) is 7.41. The second-order valence-corrected chi connectivity index (χ2v) is 9.12. The number of nitrogens with zero attached hydrogens (tertiary/aromatic N) is 1. The highest BCUT2D eigenvalue weighted by Gasteiger charge is 2.25. The minimum atomic E-state index is -0.973. The molecular weight excluding hydrogens is 416 g/mol. The van der Waals surface area contributed by atoms with E-state index in [1.54, 1.807) is 23.5 Å². The first-order valence-electron chi connectivity index (χ1n) is 9.98. The molecule has 0 amide bonds. The van der Waals surface area contributed by atoms with Crippen LogP contribution in [0.15, 0.2) is 58.9 Å². The Morgan fingerprint density at radius 1 is 1.13 bits per heavy atom. The molecule has 1 aromatic heterocycles. The van der Waals surface area contributed by atoms with E-state index in [1.807, 2.05) is 0 Å².